The van der Waals surface area contributed by atoms with Crippen LogP contribution in [0.2, 0.25) is 13.1 Å². The third-order valence-corrected chi connectivity index (χ3v) is 8.33. The molecule has 5 heteroatoms. The van der Waals surface area contributed by atoms with Gasteiger partial charge in [-0.15, -0.1) is 0 Å². The van der Waals surface area contributed by atoms with Gasteiger partial charge in [-0.2, -0.15) is 16.8 Å². The van der Waals surface area contributed by atoms with E-state index in [2.05, 4.69) is 93.7 Å². The molecule has 0 aliphatic heterocycles. The summed E-state index contributed by atoms with van der Waals surface area (Å²) in [7, 11) is -1.66. The van der Waals surface area contributed by atoms with Crippen molar-refractivity contribution in [1.29, 1.82) is 0 Å². The van der Waals surface area contributed by atoms with Crippen molar-refractivity contribution in [3.8, 4) is 0 Å². The largest absolute Gasteiger partial charge is 4.00 e. The predicted molar refractivity (Wildman–Crippen MR) is 104 cm³/mol. The third kappa shape index (κ3) is 6.85. The molecule has 27 heavy (non-hydrogen) atoms. The maximum Gasteiger partial charge on any atom is 4.00 e. The van der Waals surface area contributed by atoms with Gasteiger partial charge in [0.2, 0.25) is 0 Å². The summed E-state index contributed by atoms with van der Waals surface area (Å²) in [6, 6.07) is 24.7. The maximum absolute atomic E-state index is 2.48. The maximum atomic E-state index is 2.48. The van der Waals surface area contributed by atoms with Crippen LogP contribution in [-0.2, 0) is 28.1 Å². The Hall–Kier alpha value is -0.409. The molecule has 0 atom stereocenters. The molecule has 0 aromatic heterocycles. The van der Waals surface area contributed by atoms with Gasteiger partial charge in [-0.25, -0.2) is 12.1 Å². The molecule has 0 saturated carbocycles. The summed E-state index contributed by atoms with van der Waals surface area (Å²) in [5, 5.41) is 3.11. The fourth-order valence-corrected chi connectivity index (χ4v) is 6.50. The van der Waals surface area contributed by atoms with Gasteiger partial charge in [0.15, 0.2) is 0 Å². The van der Waals surface area contributed by atoms with Gasteiger partial charge < -0.3 is 37.2 Å². The zero-order valence-corrected chi connectivity index (χ0v) is 21.0. The molecule has 0 aliphatic carbocycles. The first-order valence-electron chi connectivity index (χ1n) is 8.34. The van der Waals surface area contributed by atoms with Crippen molar-refractivity contribution in [2.75, 3.05) is 0 Å². The van der Waals surface area contributed by atoms with Crippen LogP contribution in [0.4, 0.5) is 0 Å². The number of aryl methyl sites for hydroxylation is 2. The first-order chi connectivity index (χ1) is 11.0. The Bertz CT molecular complexity index is 793. The van der Waals surface area contributed by atoms with E-state index in [0.29, 0.717) is 0 Å². The summed E-state index contributed by atoms with van der Waals surface area (Å²) in [6.45, 7) is 9.36. The second-order valence-corrected chi connectivity index (χ2v) is 11.5. The van der Waals surface area contributed by atoms with E-state index in [0.717, 1.165) is 6.42 Å². The molecule has 0 amide bonds. The molecule has 0 unspecified atom stereocenters. The van der Waals surface area contributed by atoms with Crippen molar-refractivity contribution < 1.29 is 58.9 Å². The summed E-state index contributed by atoms with van der Waals surface area (Å²) in [4.78, 5) is 0. The van der Waals surface area contributed by atoms with Gasteiger partial charge in [0.1, 0.15) is 0 Å². The summed E-state index contributed by atoms with van der Waals surface area (Å²) in [5.74, 6) is 0. The molecule has 142 valence electrons. The Labute approximate surface area is 198 Å². The van der Waals surface area contributed by atoms with Crippen LogP contribution >= 0.6 is 0 Å². The first kappa shape index (κ1) is 28.8. The quantitative estimate of drug-likeness (QED) is 0.266. The number of hydrogen-bond donors (Lipinski definition) is 0. The average Bonchev–Trinajstić information content (AvgIpc) is 2.96. The summed E-state index contributed by atoms with van der Waals surface area (Å²) < 4.78 is 0. The third-order valence-electron chi connectivity index (χ3n) is 4.76. The molecule has 0 spiro atoms. The predicted octanol–water partition coefficient (Wildman–Crippen LogP) is -4.55. The van der Waals surface area contributed by atoms with E-state index in [9.17, 15) is 0 Å². The first-order valence-corrected chi connectivity index (χ1v) is 11.3. The molecule has 0 aliphatic rings. The van der Waals surface area contributed by atoms with Crippen molar-refractivity contribution in [2.24, 2.45) is 0 Å². The van der Waals surface area contributed by atoms with Crippen molar-refractivity contribution in [3.05, 3.63) is 89.0 Å². The van der Waals surface area contributed by atoms with Crippen LogP contribution in [0.3, 0.4) is 0 Å². The molecule has 0 heterocycles. The van der Waals surface area contributed by atoms with E-state index in [1.54, 1.807) is 5.19 Å². The van der Waals surface area contributed by atoms with Crippen molar-refractivity contribution in [1.82, 2.24) is 0 Å². The fourth-order valence-electron chi connectivity index (χ4n) is 3.53. The molecule has 3 aromatic rings. The minimum Gasteiger partial charge on any atom is -1.00 e. The number of hydrogen-bond acceptors (Lipinski definition) is 0. The zero-order chi connectivity index (χ0) is 16.4. The molecule has 3 rings (SSSR count). The smallest absolute Gasteiger partial charge is 1.00 e. The summed E-state index contributed by atoms with van der Waals surface area (Å²) in [6.07, 6.45) is 1.03. The molecule has 3 aromatic carbocycles. The van der Waals surface area contributed by atoms with E-state index in [4.69, 9.17) is 0 Å². The average molecular weight is 472 g/mol. The Balaban J connectivity index is 0. The van der Waals surface area contributed by atoms with Crippen molar-refractivity contribution >= 4 is 18.4 Å². The van der Waals surface area contributed by atoms with Crippen LogP contribution in [0.5, 0.6) is 0 Å². The molecule has 0 fully saturated rings. The normalized spacial score (nSPS) is 9.93. The minimum atomic E-state index is -1.66. The Morgan fingerprint density at radius 1 is 0.778 bits per heavy atom. The van der Waals surface area contributed by atoms with Gasteiger partial charge >= 0.3 is 21.7 Å². The number of rotatable bonds is 4. The second-order valence-electron chi connectivity index (χ2n) is 7.13. The zero-order valence-electron chi connectivity index (χ0n) is 16.2. The molecule has 0 radical (unpaired) electrons. The molecule has 0 N–H and O–H groups in total. The van der Waals surface area contributed by atoms with E-state index in [1.807, 2.05) is 0 Å². The fraction of sp³-hybridized carbons (Fsp3) is 0.227. The van der Waals surface area contributed by atoms with Gasteiger partial charge in [0, 0.05) is 0 Å². The van der Waals surface area contributed by atoms with E-state index >= 15 is 0 Å². The van der Waals surface area contributed by atoms with Gasteiger partial charge in [-0.3, -0.25) is 0 Å². The second kappa shape index (κ2) is 12.2. The van der Waals surface area contributed by atoms with E-state index in [-0.39, 0.29) is 58.9 Å². The topological polar surface area (TPSA) is 0 Å². The molecule has 0 bridgehead atoms. The Morgan fingerprint density at radius 2 is 1.33 bits per heavy atom. The van der Waals surface area contributed by atoms with Gasteiger partial charge in [-0.1, -0.05) is 77.9 Å². The summed E-state index contributed by atoms with van der Waals surface area (Å²) >= 11 is 0. The van der Waals surface area contributed by atoms with Gasteiger partial charge in [0.05, 0.1) is 8.07 Å². The number of halogens is 3. The van der Waals surface area contributed by atoms with Crippen LogP contribution in [-0.4, -0.2) is 8.07 Å². The minimum absolute atomic E-state index is 0. The van der Waals surface area contributed by atoms with Crippen molar-refractivity contribution in [3.63, 3.8) is 0 Å². The molecular formula is C22H25Cl3SiTi. The van der Waals surface area contributed by atoms with Gasteiger partial charge in [0.25, 0.3) is 0 Å². The SMILES string of the molecule is Cc1cc(C)cc([Si](C)(C)[c-]2cccc2Cc2ccccc2)c1.[Cl-].[Cl-].[Cl-].[Ti+4]. The van der Waals surface area contributed by atoms with Crippen LogP contribution in [0, 0.1) is 13.8 Å². The Morgan fingerprint density at radius 3 is 1.89 bits per heavy atom. The van der Waals surface area contributed by atoms with Crippen LogP contribution in [0.25, 0.3) is 0 Å². The van der Waals surface area contributed by atoms with E-state index < -0.39 is 8.07 Å². The van der Waals surface area contributed by atoms with Crippen LogP contribution < -0.4 is 47.6 Å². The molecule has 0 nitrogen and oxygen atoms in total. The van der Waals surface area contributed by atoms with Gasteiger partial charge in [-0.05, 0) is 25.8 Å². The monoisotopic (exact) mass is 470 g/mol. The summed E-state index contributed by atoms with van der Waals surface area (Å²) in [5.41, 5.74) is 5.63. The number of benzene rings is 2. The van der Waals surface area contributed by atoms with E-state index in [1.165, 1.54) is 27.4 Å². The van der Waals surface area contributed by atoms with Crippen molar-refractivity contribution in [2.45, 2.75) is 33.4 Å². The van der Waals surface area contributed by atoms with Crippen LogP contribution in [0.1, 0.15) is 22.3 Å². The molecule has 0 saturated heterocycles. The Kier molecular flexibility index (Phi) is 13.0. The van der Waals surface area contributed by atoms with Crippen LogP contribution in [0.15, 0.2) is 66.7 Å². The molecular weight excluding hydrogens is 447 g/mol. The standard InChI is InChI=1S/C22H25Si.3ClH.Ti/c1-17-13-18(2)15-21(14-17)23(3,4)22-12-8-11-20(22)16-19-9-6-5-7-10-19;;;;/h5-15H,16H2,1-4H3;3*1H;/q-1;;;;+4/p-3.